The monoisotopic (exact) mass is 264 g/mol. The minimum Gasteiger partial charge on any atom is -0.496 e. The molecule has 0 aliphatic carbocycles. The Labute approximate surface area is 115 Å². The van der Waals surface area contributed by atoms with Crippen molar-refractivity contribution in [1.82, 2.24) is 0 Å². The van der Waals surface area contributed by atoms with Gasteiger partial charge in [-0.25, -0.2) is 0 Å². The summed E-state index contributed by atoms with van der Waals surface area (Å²) < 4.78 is 5.34. The molecule has 1 atom stereocenters. The zero-order chi connectivity index (χ0) is 14.6. The molecule has 1 unspecified atom stereocenters. The molecule has 0 saturated carbocycles. The lowest BCUT2D eigenvalue weighted by atomic mass is 10.0. The van der Waals surface area contributed by atoms with Crippen molar-refractivity contribution in [2.45, 2.75) is 27.2 Å². The first-order valence-corrected chi connectivity index (χ1v) is 6.55. The Morgan fingerprint density at radius 2 is 1.89 bits per heavy atom. The number of nitrogens with zero attached hydrogens (tertiary/aromatic N) is 1. The summed E-state index contributed by atoms with van der Waals surface area (Å²) in [5, 5.41) is 0. The van der Waals surface area contributed by atoms with Crippen LogP contribution in [0.3, 0.4) is 0 Å². The largest absolute Gasteiger partial charge is 0.496 e. The van der Waals surface area contributed by atoms with E-state index in [1.54, 1.807) is 19.1 Å². The Morgan fingerprint density at radius 1 is 1.37 bits per heavy atom. The summed E-state index contributed by atoms with van der Waals surface area (Å²) in [6.07, 6.45) is 0.706. The highest BCUT2D eigenvalue weighted by molar-refractivity contribution is 5.94. The normalized spacial score (nSPS) is 12.1. The van der Waals surface area contributed by atoms with Crippen LogP contribution in [-0.4, -0.2) is 26.6 Å². The fourth-order valence-electron chi connectivity index (χ4n) is 2.27. The van der Waals surface area contributed by atoms with Gasteiger partial charge in [0.25, 0.3) is 0 Å². The molecule has 0 radical (unpaired) electrons. The smallest absolute Gasteiger partial charge is 0.229 e. The number of carbonyl (C=O) groups excluding carboxylic acids is 1. The van der Waals surface area contributed by atoms with Crippen molar-refractivity contribution < 1.29 is 9.53 Å². The van der Waals surface area contributed by atoms with Crippen LogP contribution < -0.4 is 15.4 Å². The van der Waals surface area contributed by atoms with Gasteiger partial charge in [0, 0.05) is 18.7 Å². The van der Waals surface area contributed by atoms with Crippen molar-refractivity contribution in [2.75, 3.05) is 25.6 Å². The van der Waals surface area contributed by atoms with Crippen LogP contribution in [0.2, 0.25) is 0 Å². The van der Waals surface area contributed by atoms with Gasteiger partial charge in [0.2, 0.25) is 5.91 Å². The average molecular weight is 264 g/mol. The third kappa shape index (κ3) is 3.47. The number of ether oxygens (including phenoxy) is 1. The van der Waals surface area contributed by atoms with Crippen molar-refractivity contribution >= 4 is 11.6 Å². The van der Waals surface area contributed by atoms with E-state index in [0.29, 0.717) is 13.0 Å². The van der Waals surface area contributed by atoms with Crippen LogP contribution in [0.15, 0.2) is 12.1 Å². The van der Waals surface area contributed by atoms with Gasteiger partial charge < -0.3 is 15.4 Å². The molecule has 2 N–H and O–H groups in total. The summed E-state index contributed by atoms with van der Waals surface area (Å²) in [4.78, 5) is 13.9. The lowest BCUT2D eigenvalue weighted by Crippen LogP contribution is -2.32. The molecule has 0 bridgehead atoms. The highest BCUT2D eigenvalue weighted by Crippen LogP contribution is 2.29. The van der Waals surface area contributed by atoms with E-state index in [-0.39, 0.29) is 11.8 Å². The number of hydrogen-bond donors (Lipinski definition) is 1. The summed E-state index contributed by atoms with van der Waals surface area (Å²) in [5.41, 5.74) is 8.46. The molecule has 0 aliphatic rings. The van der Waals surface area contributed by atoms with E-state index >= 15 is 0 Å². The Hall–Kier alpha value is -1.55. The van der Waals surface area contributed by atoms with Crippen LogP contribution in [0, 0.1) is 19.8 Å². The highest BCUT2D eigenvalue weighted by atomic mass is 16.5. The van der Waals surface area contributed by atoms with Gasteiger partial charge in [-0.2, -0.15) is 0 Å². The molecule has 0 saturated heterocycles. The van der Waals surface area contributed by atoms with Crippen molar-refractivity contribution in [1.29, 1.82) is 0 Å². The van der Waals surface area contributed by atoms with E-state index in [0.717, 1.165) is 22.6 Å². The van der Waals surface area contributed by atoms with Crippen LogP contribution in [0.1, 0.15) is 24.5 Å². The van der Waals surface area contributed by atoms with Crippen molar-refractivity contribution in [3.05, 3.63) is 23.3 Å². The maximum Gasteiger partial charge on any atom is 0.229 e. The Kier molecular flexibility index (Phi) is 5.36. The highest BCUT2D eigenvalue weighted by Gasteiger charge is 2.19. The van der Waals surface area contributed by atoms with E-state index in [1.807, 2.05) is 32.9 Å². The van der Waals surface area contributed by atoms with Crippen LogP contribution in [0.5, 0.6) is 5.75 Å². The van der Waals surface area contributed by atoms with Crippen LogP contribution in [0.25, 0.3) is 0 Å². The molecule has 0 aromatic heterocycles. The van der Waals surface area contributed by atoms with Crippen LogP contribution >= 0.6 is 0 Å². The number of aryl methyl sites for hydroxylation is 2. The first kappa shape index (κ1) is 15.5. The summed E-state index contributed by atoms with van der Waals surface area (Å²) in [7, 11) is 3.46. The number of nitrogens with two attached hydrogens (primary N) is 1. The average Bonchev–Trinajstić information content (AvgIpc) is 2.36. The number of methoxy groups -OCH3 is 1. The number of rotatable bonds is 5. The third-order valence-corrected chi connectivity index (χ3v) is 3.39. The number of anilines is 1. The van der Waals surface area contributed by atoms with E-state index in [2.05, 4.69) is 0 Å². The number of carbonyl (C=O) groups is 1. The minimum absolute atomic E-state index is 0.0577. The second kappa shape index (κ2) is 6.57. The van der Waals surface area contributed by atoms with Gasteiger partial charge in [0.05, 0.1) is 7.11 Å². The van der Waals surface area contributed by atoms with Gasteiger partial charge in [0.15, 0.2) is 0 Å². The van der Waals surface area contributed by atoms with Gasteiger partial charge in [-0.15, -0.1) is 0 Å². The fraction of sp³-hybridized carbons (Fsp3) is 0.533. The summed E-state index contributed by atoms with van der Waals surface area (Å²) >= 11 is 0. The zero-order valence-corrected chi connectivity index (χ0v) is 12.5. The van der Waals surface area contributed by atoms with Crippen LogP contribution in [-0.2, 0) is 4.79 Å². The molecule has 0 heterocycles. The molecule has 0 aliphatic heterocycles. The van der Waals surface area contributed by atoms with Crippen molar-refractivity contribution in [2.24, 2.45) is 11.7 Å². The van der Waals surface area contributed by atoms with Gasteiger partial charge >= 0.3 is 0 Å². The SMILES string of the molecule is COc1c(C)cc(N(C)C(=O)C(C)CCN)cc1C. The quantitative estimate of drug-likeness (QED) is 0.887. The maximum absolute atomic E-state index is 12.2. The number of amides is 1. The molecule has 4 heteroatoms. The van der Waals surface area contributed by atoms with Gasteiger partial charge in [-0.1, -0.05) is 6.92 Å². The zero-order valence-electron chi connectivity index (χ0n) is 12.5. The molecular formula is C15H24N2O2. The van der Waals surface area contributed by atoms with E-state index in [9.17, 15) is 4.79 Å². The Balaban J connectivity index is 3.00. The second-order valence-corrected chi connectivity index (χ2v) is 4.99. The predicted molar refractivity (Wildman–Crippen MR) is 78.7 cm³/mol. The molecule has 19 heavy (non-hydrogen) atoms. The molecule has 106 valence electrons. The van der Waals surface area contributed by atoms with Crippen molar-refractivity contribution in [3.63, 3.8) is 0 Å². The summed E-state index contributed by atoms with van der Waals surface area (Å²) in [5.74, 6) is 0.909. The van der Waals surface area contributed by atoms with Gasteiger partial charge in [0.1, 0.15) is 5.75 Å². The van der Waals surface area contributed by atoms with Gasteiger partial charge in [-0.05, 0) is 50.1 Å². The molecule has 4 nitrogen and oxygen atoms in total. The molecule has 0 fully saturated rings. The molecule has 1 amide bonds. The first-order chi connectivity index (χ1) is 8.92. The van der Waals surface area contributed by atoms with Crippen molar-refractivity contribution in [3.8, 4) is 5.75 Å². The predicted octanol–water partition coefficient (Wildman–Crippen LogP) is 2.26. The maximum atomic E-state index is 12.2. The fourth-order valence-corrected chi connectivity index (χ4v) is 2.27. The lowest BCUT2D eigenvalue weighted by molar-refractivity contribution is -0.121. The molecule has 1 aromatic rings. The van der Waals surface area contributed by atoms with Gasteiger partial charge in [-0.3, -0.25) is 4.79 Å². The molecule has 0 spiro atoms. The van der Waals surface area contributed by atoms with E-state index in [1.165, 1.54) is 0 Å². The summed E-state index contributed by atoms with van der Waals surface area (Å²) in [6, 6.07) is 3.94. The number of hydrogen-bond acceptors (Lipinski definition) is 3. The van der Waals surface area contributed by atoms with E-state index in [4.69, 9.17) is 10.5 Å². The topological polar surface area (TPSA) is 55.6 Å². The third-order valence-electron chi connectivity index (χ3n) is 3.39. The van der Waals surface area contributed by atoms with Crippen LogP contribution in [0.4, 0.5) is 5.69 Å². The molecular weight excluding hydrogens is 240 g/mol. The molecule has 1 rings (SSSR count). The standard InChI is InChI=1S/C15H24N2O2/c1-10(6-7-16)15(18)17(4)13-8-11(2)14(19-5)12(3)9-13/h8-10H,6-7,16H2,1-5H3. The van der Waals surface area contributed by atoms with E-state index < -0.39 is 0 Å². The number of benzene rings is 1. The summed E-state index contributed by atoms with van der Waals surface area (Å²) in [6.45, 7) is 6.41. The lowest BCUT2D eigenvalue weighted by Gasteiger charge is -2.23. The Morgan fingerprint density at radius 3 is 2.32 bits per heavy atom. The molecule has 1 aromatic carbocycles. The first-order valence-electron chi connectivity index (χ1n) is 6.55. The minimum atomic E-state index is -0.0577. The second-order valence-electron chi connectivity index (χ2n) is 4.99. The Bertz CT molecular complexity index is 434.